The first-order valence-corrected chi connectivity index (χ1v) is 6.80. The van der Waals surface area contributed by atoms with Gasteiger partial charge in [0.25, 0.3) is 0 Å². The SMILES string of the molecule is CCC(NCc1cccc2c1NCC2)C(C)C. The van der Waals surface area contributed by atoms with Crippen molar-refractivity contribution in [3.05, 3.63) is 29.3 Å². The van der Waals surface area contributed by atoms with Crippen molar-refractivity contribution in [1.82, 2.24) is 5.32 Å². The van der Waals surface area contributed by atoms with Gasteiger partial charge >= 0.3 is 0 Å². The number of anilines is 1. The second-order valence-electron chi connectivity index (χ2n) is 5.27. The summed E-state index contributed by atoms with van der Waals surface area (Å²) in [6.45, 7) is 8.90. The van der Waals surface area contributed by atoms with E-state index in [9.17, 15) is 0 Å². The second-order valence-corrected chi connectivity index (χ2v) is 5.27. The molecule has 1 aromatic rings. The highest BCUT2D eigenvalue weighted by Gasteiger charge is 2.15. The fraction of sp³-hybridized carbons (Fsp3) is 0.600. The molecule has 1 aliphatic rings. The molecule has 1 aromatic carbocycles. The van der Waals surface area contributed by atoms with Gasteiger partial charge in [-0.2, -0.15) is 0 Å². The quantitative estimate of drug-likeness (QED) is 0.814. The van der Waals surface area contributed by atoms with Crippen LogP contribution < -0.4 is 10.6 Å². The summed E-state index contributed by atoms with van der Waals surface area (Å²) >= 11 is 0. The number of para-hydroxylation sites is 1. The topological polar surface area (TPSA) is 24.1 Å². The van der Waals surface area contributed by atoms with Crippen molar-refractivity contribution in [2.24, 2.45) is 5.92 Å². The maximum atomic E-state index is 3.67. The van der Waals surface area contributed by atoms with Gasteiger partial charge in [0.05, 0.1) is 0 Å². The van der Waals surface area contributed by atoms with Crippen molar-refractivity contribution in [3.8, 4) is 0 Å². The zero-order valence-electron chi connectivity index (χ0n) is 11.2. The highest BCUT2D eigenvalue weighted by atomic mass is 14.9. The summed E-state index contributed by atoms with van der Waals surface area (Å²) in [5.41, 5.74) is 4.26. The van der Waals surface area contributed by atoms with Gasteiger partial charge in [-0.15, -0.1) is 0 Å². The molecule has 0 bridgehead atoms. The van der Waals surface area contributed by atoms with Gasteiger partial charge in [0.15, 0.2) is 0 Å². The Hall–Kier alpha value is -1.02. The van der Waals surface area contributed by atoms with Crippen LogP contribution in [0.2, 0.25) is 0 Å². The number of hydrogen-bond acceptors (Lipinski definition) is 2. The molecular weight excluding hydrogens is 208 g/mol. The number of nitrogens with one attached hydrogen (secondary N) is 2. The Kier molecular flexibility index (Phi) is 4.06. The molecule has 94 valence electrons. The maximum absolute atomic E-state index is 3.67. The third-order valence-electron chi connectivity index (χ3n) is 3.73. The Morgan fingerprint density at radius 1 is 1.35 bits per heavy atom. The van der Waals surface area contributed by atoms with Crippen LogP contribution in [-0.2, 0) is 13.0 Å². The minimum absolute atomic E-state index is 0.618. The minimum Gasteiger partial charge on any atom is -0.384 e. The van der Waals surface area contributed by atoms with Gasteiger partial charge < -0.3 is 10.6 Å². The molecule has 0 saturated carbocycles. The predicted octanol–water partition coefficient (Wildman–Crippen LogP) is 3.18. The number of fused-ring (bicyclic) bond motifs is 1. The minimum atomic E-state index is 0.618. The van der Waals surface area contributed by atoms with Gasteiger partial charge in [-0.05, 0) is 29.9 Å². The van der Waals surface area contributed by atoms with E-state index < -0.39 is 0 Å². The Balaban J connectivity index is 2.02. The van der Waals surface area contributed by atoms with E-state index in [1.54, 1.807) is 0 Å². The Morgan fingerprint density at radius 2 is 2.18 bits per heavy atom. The van der Waals surface area contributed by atoms with Crippen LogP contribution in [0.25, 0.3) is 0 Å². The third kappa shape index (κ3) is 2.81. The van der Waals surface area contributed by atoms with Crippen molar-refractivity contribution >= 4 is 5.69 Å². The van der Waals surface area contributed by atoms with Crippen LogP contribution >= 0.6 is 0 Å². The molecule has 2 nitrogen and oxygen atoms in total. The van der Waals surface area contributed by atoms with E-state index >= 15 is 0 Å². The fourth-order valence-corrected chi connectivity index (χ4v) is 2.65. The van der Waals surface area contributed by atoms with Gasteiger partial charge in [-0.3, -0.25) is 0 Å². The Labute approximate surface area is 105 Å². The standard InChI is InChI=1S/C15H24N2/c1-4-14(11(2)3)17-10-13-7-5-6-12-8-9-16-15(12)13/h5-7,11,14,16-17H,4,8-10H2,1-3H3. The molecule has 2 N–H and O–H groups in total. The largest absolute Gasteiger partial charge is 0.384 e. The number of benzene rings is 1. The van der Waals surface area contributed by atoms with Crippen molar-refractivity contribution in [2.45, 2.75) is 46.2 Å². The monoisotopic (exact) mass is 232 g/mol. The second kappa shape index (κ2) is 5.54. The van der Waals surface area contributed by atoms with Gasteiger partial charge in [0.2, 0.25) is 0 Å². The fourth-order valence-electron chi connectivity index (χ4n) is 2.65. The first-order valence-electron chi connectivity index (χ1n) is 6.80. The molecule has 2 heteroatoms. The Bertz CT molecular complexity index is 371. The lowest BCUT2D eigenvalue weighted by Crippen LogP contribution is -2.32. The molecule has 1 atom stereocenters. The molecule has 1 heterocycles. The molecule has 17 heavy (non-hydrogen) atoms. The summed E-state index contributed by atoms with van der Waals surface area (Å²) in [6.07, 6.45) is 2.37. The van der Waals surface area contributed by atoms with E-state index in [1.165, 1.54) is 29.7 Å². The van der Waals surface area contributed by atoms with E-state index in [1.807, 2.05) is 0 Å². The first kappa shape index (κ1) is 12.4. The van der Waals surface area contributed by atoms with Crippen LogP contribution in [0.3, 0.4) is 0 Å². The highest BCUT2D eigenvalue weighted by Crippen LogP contribution is 2.26. The molecular formula is C15H24N2. The lowest BCUT2D eigenvalue weighted by molar-refractivity contribution is 0.388. The molecule has 0 radical (unpaired) electrons. The van der Waals surface area contributed by atoms with E-state index in [0.29, 0.717) is 12.0 Å². The van der Waals surface area contributed by atoms with Crippen molar-refractivity contribution < 1.29 is 0 Å². The Morgan fingerprint density at radius 3 is 2.88 bits per heavy atom. The molecule has 1 aliphatic heterocycles. The van der Waals surface area contributed by atoms with Gasteiger partial charge in [-0.25, -0.2) is 0 Å². The van der Waals surface area contributed by atoms with Gasteiger partial charge in [-0.1, -0.05) is 39.0 Å². The molecule has 2 rings (SSSR count). The van der Waals surface area contributed by atoms with Crippen LogP contribution in [0.4, 0.5) is 5.69 Å². The van der Waals surface area contributed by atoms with Crippen LogP contribution in [0, 0.1) is 5.92 Å². The smallest absolute Gasteiger partial charge is 0.0419 e. The summed E-state index contributed by atoms with van der Waals surface area (Å²) in [5.74, 6) is 0.699. The zero-order chi connectivity index (χ0) is 12.3. The van der Waals surface area contributed by atoms with Crippen LogP contribution in [0.1, 0.15) is 38.3 Å². The number of hydrogen-bond donors (Lipinski definition) is 2. The lowest BCUT2D eigenvalue weighted by Gasteiger charge is -2.21. The van der Waals surface area contributed by atoms with Crippen molar-refractivity contribution in [3.63, 3.8) is 0 Å². The lowest BCUT2D eigenvalue weighted by atomic mass is 10.0. The first-order chi connectivity index (χ1) is 8.22. The van der Waals surface area contributed by atoms with E-state index in [-0.39, 0.29) is 0 Å². The summed E-state index contributed by atoms with van der Waals surface area (Å²) in [4.78, 5) is 0. The van der Waals surface area contributed by atoms with E-state index in [4.69, 9.17) is 0 Å². The zero-order valence-corrected chi connectivity index (χ0v) is 11.2. The summed E-state index contributed by atoms with van der Waals surface area (Å²) in [7, 11) is 0. The van der Waals surface area contributed by atoms with E-state index in [2.05, 4.69) is 49.6 Å². The van der Waals surface area contributed by atoms with Gasteiger partial charge in [0, 0.05) is 24.8 Å². The van der Waals surface area contributed by atoms with Crippen molar-refractivity contribution in [2.75, 3.05) is 11.9 Å². The summed E-state index contributed by atoms with van der Waals surface area (Å²) in [5, 5.41) is 7.17. The van der Waals surface area contributed by atoms with Crippen LogP contribution in [0.5, 0.6) is 0 Å². The number of rotatable bonds is 5. The van der Waals surface area contributed by atoms with E-state index in [0.717, 1.165) is 13.1 Å². The molecule has 0 amide bonds. The average Bonchev–Trinajstić information content (AvgIpc) is 2.78. The van der Waals surface area contributed by atoms with Crippen LogP contribution in [0.15, 0.2) is 18.2 Å². The molecule has 0 aromatic heterocycles. The summed E-state index contributed by atoms with van der Waals surface area (Å²) in [6, 6.07) is 7.27. The van der Waals surface area contributed by atoms with Gasteiger partial charge in [0.1, 0.15) is 0 Å². The average molecular weight is 232 g/mol. The van der Waals surface area contributed by atoms with Crippen molar-refractivity contribution in [1.29, 1.82) is 0 Å². The summed E-state index contributed by atoms with van der Waals surface area (Å²) < 4.78 is 0. The molecule has 1 unspecified atom stereocenters. The molecule has 0 spiro atoms. The molecule has 0 fully saturated rings. The third-order valence-corrected chi connectivity index (χ3v) is 3.73. The highest BCUT2D eigenvalue weighted by molar-refractivity contribution is 5.61. The molecule has 0 saturated heterocycles. The van der Waals surface area contributed by atoms with Crippen LogP contribution in [-0.4, -0.2) is 12.6 Å². The predicted molar refractivity (Wildman–Crippen MR) is 74.4 cm³/mol. The molecule has 0 aliphatic carbocycles. The normalized spacial score (nSPS) is 15.8. The maximum Gasteiger partial charge on any atom is 0.0419 e.